The molecular weight excluding hydrogens is 430 g/mol. The van der Waals surface area contributed by atoms with Gasteiger partial charge in [-0.15, -0.1) is 0 Å². The zero-order chi connectivity index (χ0) is 21.9. The lowest BCUT2D eigenvalue weighted by Gasteiger charge is -2.12. The summed E-state index contributed by atoms with van der Waals surface area (Å²) in [6.07, 6.45) is 0. The lowest BCUT2D eigenvalue weighted by molar-refractivity contribution is -0.384. The van der Waals surface area contributed by atoms with Gasteiger partial charge in [-0.1, -0.05) is 35.9 Å². The number of nitrogens with one attached hydrogen (secondary N) is 2. The van der Waals surface area contributed by atoms with Gasteiger partial charge in [-0.05, 0) is 42.8 Å². The average Bonchev–Trinajstić information content (AvgIpc) is 2.70. The van der Waals surface area contributed by atoms with Crippen LogP contribution < -0.4 is 10.0 Å². The first kappa shape index (κ1) is 21.3. The molecule has 0 spiro atoms. The molecule has 8 nitrogen and oxygen atoms in total. The number of benzene rings is 3. The molecular formula is C20H16ClN3O5S. The molecule has 0 aliphatic carbocycles. The van der Waals surface area contributed by atoms with Gasteiger partial charge < -0.3 is 5.32 Å². The first-order chi connectivity index (χ1) is 14.2. The molecule has 154 valence electrons. The molecule has 0 saturated carbocycles. The number of halogens is 1. The van der Waals surface area contributed by atoms with Crippen LogP contribution in [0.5, 0.6) is 0 Å². The van der Waals surface area contributed by atoms with Crippen LogP contribution in [0.1, 0.15) is 15.9 Å². The number of anilines is 2. The lowest BCUT2D eigenvalue weighted by Crippen LogP contribution is -2.17. The Bertz CT molecular complexity index is 1230. The summed E-state index contributed by atoms with van der Waals surface area (Å²) >= 11 is 6.07. The third-order valence-corrected chi connectivity index (χ3v) is 6.05. The van der Waals surface area contributed by atoms with E-state index >= 15 is 0 Å². The van der Waals surface area contributed by atoms with E-state index in [1.807, 2.05) is 0 Å². The summed E-state index contributed by atoms with van der Waals surface area (Å²) < 4.78 is 27.9. The van der Waals surface area contributed by atoms with Crippen LogP contribution in [0.15, 0.2) is 71.6 Å². The minimum atomic E-state index is -4.05. The van der Waals surface area contributed by atoms with E-state index < -0.39 is 20.9 Å². The van der Waals surface area contributed by atoms with Crippen LogP contribution in [0.4, 0.5) is 17.1 Å². The summed E-state index contributed by atoms with van der Waals surface area (Å²) in [5, 5.41) is 13.5. The largest absolute Gasteiger partial charge is 0.321 e. The highest BCUT2D eigenvalue weighted by Crippen LogP contribution is 2.27. The number of nitrogens with zero attached hydrogens (tertiary/aromatic N) is 1. The van der Waals surface area contributed by atoms with Gasteiger partial charge in [0.2, 0.25) is 0 Å². The Morgan fingerprint density at radius 1 is 1.03 bits per heavy atom. The van der Waals surface area contributed by atoms with Gasteiger partial charge in [0, 0.05) is 23.4 Å². The predicted octanol–water partition coefficient (Wildman–Crippen LogP) is 4.61. The molecule has 1 amide bonds. The number of aryl methyl sites for hydroxylation is 1. The van der Waals surface area contributed by atoms with Gasteiger partial charge >= 0.3 is 0 Å². The van der Waals surface area contributed by atoms with E-state index in [2.05, 4.69) is 10.0 Å². The molecule has 0 bridgehead atoms. The van der Waals surface area contributed by atoms with Crippen molar-refractivity contribution in [2.45, 2.75) is 11.8 Å². The third kappa shape index (κ3) is 4.76. The van der Waals surface area contributed by atoms with E-state index in [4.69, 9.17) is 11.6 Å². The zero-order valence-electron chi connectivity index (χ0n) is 15.6. The molecule has 30 heavy (non-hydrogen) atoms. The van der Waals surface area contributed by atoms with Gasteiger partial charge in [0.25, 0.3) is 21.6 Å². The number of carbonyl (C=O) groups is 1. The number of nitro benzene ring substituents is 1. The summed E-state index contributed by atoms with van der Waals surface area (Å²) in [6.45, 7) is 1.68. The van der Waals surface area contributed by atoms with Crippen molar-refractivity contribution in [1.29, 1.82) is 0 Å². The van der Waals surface area contributed by atoms with Gasteiger partial charge in [0.1, 0.15) is 4.90 Å². The van der Waals surface area contributed by atoms with Crippen molar-refractivity contribution in [3.05, 3.63) is 93.0 Å². The molecule has 0 saturated heterocycles. The van der Waals surface area contributed by atoms with Crippen LogP contribution in [0, 0.1) is 17.0 Å². The number of hydrogen-bond acceptors (Lipinski definition) is 5. The van der Waals surface area contributed by atoms with Crippen LogP contribution in [0.25, 0.3) is 0 Å². The molecule has 0 radical (unpaired) electrons. The third-order valence-electron chi connectivity index (χ3n) is 4.19. The molecule has 3 aromatic rings. The Kier molecular flexibility index (Phi) is 6.04. The Morgan fingerprint density at radius 3 is 2.40 bits per heavy atom. The number of nitro groups is 1. The topological polar surface area (TPSA) is 118 Å². The molecule has 3 aromatic carbocycles. The Morgan fingerprint density at radius 2 is 1.73 bits per heavy atom. The Labute approximate surface area is 177 Å². The van der Waals surface area contributed by atoms with Gasteiger partial charge in [0.15, 0.2) is 0 Å². The molecule has 3 rings (SSSR count). The van der Waals surface area contributed by atoms with E-state index in [1.165, 1.54) is 30.3 Å². The fourth-order valence-corrected chi connectivity index (χ4v) is 4.21. The van der Waals surface area contributed by atoms with Crippen molar-refractivity contribution in [3.63, 3.8) is 0 Å². The van der Waals surface area contributed by atoms with Crippen LogP contribution in [-0.4, -0.2) is 19.2 Å². The van der Waals surface area contributed by atoms with Crippen molar-refractivity contribution in [2.24, 2.45) is 0 Å². The van der Waals surface area contributed by atoms with Gasteiger partial charge in [0.05, 0.1) is 15.6 Å². The SMILES string of the molecule is Cc1ccc([N+](=O)[O-])cc1NC(=O)c1ccc(Cl)c(S(=O)(=O)Nc2ccccc2)c1. The molecule has 0 aliphatic heterocycles. The Balaban J connectivity index is 1.90. The second-order valence-electron chi connectivity index (χ2n) is 6.33. The second kappa shape index (κ2) is 8.52. The second-order valence-corrected chi connectivity index (χ2v) is 8.39. The lowest BCUT2D eigenvalue weighted by atomic mass is 10.1. The number of carbonyl (C=O) groups excluding carboxylic acids is 1. The maximum absolute atomic E-state index is 12.7. The van der Waals surface area contributed by atoms with Gasteiger partial charge in [-0.25, -0.2) is 8.42 Å². The summed E-state index contributed by atoms with van der Waals surface area (Å²) in [5.74, 6) is -0.633. The number of para-hydroxylation sites is 1. The maximum Gasteiger partial charge on any atom is 0.271 e. The summed E-state index contributed by atoms with van der Waals surface area (Å²) in [7, 11) is -4.05. The molecule has 0 atom stereocenters. The fraction of sp³-hybridized carbons (Fsp3) is 0.0500. The average molecular weight is 446 g/mol. The quantitative estimate of drug-likeness (QED) is 0.424. The number of amides is 1. The van der Waals surface area contributed by atoms with E-state index in [1.54, 1.807) is 37.3 Å². The van der Waals surface area contributed by atoms with Crippen LogP contribution >= 0.6 is 11.6 Å². The maximum atomic E-state index is 12.7. The van der Waals surface area contributed by atoms with Crippen molar-refractivity contribution < 1.29 is 18.1 Å². The number of sulfonamides is 1. The normalized spacial score (nSPS) is 11.0. The molecule has 0 unspecified atom stereocenters. The zero-order valence-corrected chi connectivity index (χ0v) is 17.2. The summed E-state index contributed by atoms with van der Waals surface area (Å²) in [6, 6.07) is 16.1. The highest BCUT2D eigenvalue weighted by Gasteiger charge is 2.21. The molecule has 10 heteroatoms. The predicted molar refractivity (Wildman–Crippen MR) is 114 cm³/mol. The van der Waals surface area contributed by atoms with Crippen molar-refractivity contribution >= 4 is 44.6 Å². The van der Waals surface area contributed by atoms with Crippen molar-refractivity contribution in [1.82, 2.24) is 0 Å². The number of hydrogen-bond donors (Lipinski definition) is 2. The van der Waals surface area contributed by atoms with Crippen molar-refractivity contribution in [2.75, 3.05) is 10.0 Å². The molecule has 2 N–H and O–H groups in total. The molecule has 0 heterocycles. The number of rotatable bonds is 6. The monoisotopic (exact) mass is 445 g/mol. The van der Waals surface area contributed by atoms with Crippen LogP contribution in [0.2, 0.25) is 5.02 Å². The Hall–Kier alpha value is -3.43. The van der Waals surface area contributed by atoms with Crippen LogP contribution in [0.3, 0.4) is 0 Å². The highest BCUT2D eigenvalue weighted by molar-refractivity contribution is 7.92. The first-order valence-corrected chi connectivity index (χ1v) is 10.5. The molecule has 0 aromatic heterocycles. The summed E-state index contributed by atoms with van der Waals surface area (Å²) in [5.41, 5.74) is 1.05. The van der Waals surface area contributed by atoms with E-state index in [9.17, 15) is 23.3 Å². The van der Waals surface area contributed by atoms with Gasteiger partial charge in [-0.2, -0.15) is 0 Å². The minimum absolute atomic E-state index is 0.0266. The highest BCUT2D eigenvalue weighted by atomic mass is 35.5. The minimum Gasteiger partial charge on any atom is -0.321 e. The van der Waals surface area contributed by atoms with E-state index in [-0.39, 0.29) is 26.9 Å². The van der Waals surface area contributed by atoms with Crippen molar-refractivity contribution in [3.8, 4) is 0 Å². The van der Waals surface area contributed by atoms with E-state index in [0.717, 1.165) is 6.07 Å². The van der Waals surface area contributed by atoms with E-state index in [0.29, 0.717) is 11.3 Å². The number of non-ortho nitro benzene ring substituents is 1. The van der Waals surface area contributed by atoms with Gasteiger partial charge in [-0.3, -0.25) is 19.6 Å². The molecule has 0 aliphatic rings. The van der Waals surface area contributed by atoms with Crippen LogP contribution in [-0.2, 0) is 10.0 Å². The smallest absolute Gasteiger partial charge is 0.271 e. The fourth-order valence-electron chi connectivity index (χ4n) is 2.62. The molecule has 0 fully saturated rings. The summed E-state index contributed by atoms with van der Waals surface area (Å²) in [4.78, 5) is 22.8. The first-order valence-electron chi connectivity index (χ1n) is 8.61. The standard InChI is InChI=1S/C20H16ClN3O5S/c1-13-7-9-16(24(26)27)12-18(13)22-20(25)14-8-10-17(21)19(11-14)30(28,29)23-15-5-3-2-4-6-15/h2-12,23H,1H3,(H,22,25).